The molecular formula is C15H23N3O3. The quantitative estimate of drug-likeness (QED) is 0.643. The zero-order valence-electron chi connectivity index (χ0n) is 12.6. The van der Waals surface area contributed by atoms with Gasteiger partial charge in [-0.15, -0.1) is 0 Å². The van der Waals surface area contributed by atoms with E-state index in [0.717, 1.165) is 38.0 Å². The highest BCUT2D eigenvalue weighted by molar-refractivity contribution is 5.62. The van der Waals surface area contributed by atoms with Crippen molar-refractivity contribution < 1.29 is 10.0 Å². The van der Waals surface area contributed by atoms with E-state index in [0.29, 0.717) is 12.2 Å². The van der Waals surface area contributed by atoms with E-state index in [2.05, 4.69) is 10.2 Å². The zero-order chi connectivity index (χ0) is 15.5. The van der Waals surface area contributed by atoms with Crippen molar-refractivity contribution in [1.29, 1.82) is 0 Å². The number of aliphatic hydroxyl groups is 1. The summed E-state index contributed by atoms with van der Waals surface area (Å²) in [5.41, 5.74) is 1.19. The van der Waals surface area contributed by atoms with Crippen molar-refractivity contribution in [2.24, 2.45) is 0 Å². The Balaban J connectivity index is 2.07. The van der Waals surface area contributed by atoms with Crippen LogP contribution in [-0.2, 0) is 6.54 Å². The number of benzene rings is 1. The molecule has 6 nitrogen and oxygen atoms in total. The minimum Gasteiger partial charge on any atom is -0.390 e. The van der Waals surface area contributed by atoms with Crippen LogP contribution in [0.3, 0.4) is 0 Å². The van der Waals surface area contributed by atoms with Crippen LogP contribution in [0, 0.1) is 10.1 Å². The third kappa shape index (κ3) is 4.15. The summed E-state index contributed by atoms with van der Waals surface area (Å²) in [5.74, 6) is 0. The lowest BCUT2D eigenvalue weighted by molar-refractivity contribution is -0.384. The van der Waals surface area contributed by atoms with E-state index in [1.807, 2.05) is 26.0 Å². The Bertz CT molecular complexity index is 507. The molecule has 0 radical (unpaired) electrons. The van der Waals surface area contributed by atoms with E-state index in [4.69, 9.17) is 0 Å². The van der Waals surface area contributed by atoms with Gasteiger partial charge in [0.15, 0.2) is 0 Å². The number of nitrogens with zero attached hydrogens (tertiary/aromatic N) is 2. The molecule has 2 rings (SSSR count). The second-order valence-corrected chi connectivity index (χ2v) is 5.91. The van der Waals surface area contributed by atoms with E-state index in [1.54, 1.807) is 6.07 Å². The van der Waals surface area contributed by atoms with Crippen LogP contribution < -0.4 is 5.32 Å². The Morgan fingerprint density at radius 2 is 2.10 bits per heavy atom. The molecule has 0 bridgehead atoms. The van der Waals surface area contributed by atoms with Crippen molar-refractivity contribution in [3.63, 3.8) is 0 Å². The first kappa shape index (κ1) is 15.7. The Kier molecular flexibility index (Phi) is 4.80. The van der Waals surface area contributed by atoms with Gasteiger partial charge in [0.25, 0.3) is 5.69 Å². The summed E-state index contributed by atoms with van der Waals surface area (Å²) in [6.07, 6.45) is 1.53. The fourth-order valence-electron chi connectivity index (χ4n) is 2.62. The lowest BCUT2D eigenvalue weighted by atomic mass is 9.93. The summed E-state index contributed by atoms with van der Waals surface area (Å²) >= 11 is 0. The number of anilines is 1. The fraction of sp³-hybridized carbons (Fsp3) is 0.600. The molecule has 0 unspecified atom stereocenters. The summed E-state index contributed by atoms with van der Waals surface area (Å²) in [7, 11) is 0. The highest BCUT2D eigenvalue weighted by Crippen LogP contribution is 2.27. The number of hydrogen-bond donors (Lipinski definition) is 2. The fourth-order valence-corrected chi connectivity index (χ4v) is 2.62. The first-order chi connectivity index (χ1) is 9.91. The minimum absolute atomic E-state index is 0.113. The van der Waals surface area contributed by atoms with Gasteiger partial charge in [-0.3, -0.25) is 15.0 Å². The largest absolute Gasteiger partial charge is 0.390 e. The Morgan fingerprint density at radius 3 is 2.67 bits per heavy atom. The molecule has 116 valence electrons. The van der Waals surface area contributed by atoms with Crippen LogP contribution in [-0.4, -0.2) is 40.2 Å². The normalized spacial score (nSPS) is 18.4. The van der Waals surface area contributed by atoms with Crippen molar-refractivity contribution in [2.75, 3.05) is 25.0 Å². The van der Waals surface area contributed by atoms with Crippen LogP contribution in [0.15, 0.2) is 18.2 Å². The molecule has 1 aliphatic rings. The van der Waals surface area contributed by atoms with E-state index in [9.17, 15) is 15.2 Å². The van der Waals surface area contributed by atoms with Crippen molar-refractivity contribution in [2.45, 2.75) is 38.8 Å². The number of rotatable bonds is 5. The van der Waals surface area contributed by atoms with Crippen molar-refractivity contribution in [3.8, 4) is 0 Å². The molecule has 0 spiro atoms. The second kappa shape index (κ2) is 6.41. The van der Waals surface area contributed by atoms with E-state index in [-0.39, 0.29) is 10.6 Å². The Labute approximate surface area is 124 Å². The van der Waals surface area contributed by atoms with Gasteiger partial charge in [-0.1, -0.05) is 6.07 Å². The lowest BCUT2D eigenvalue weighted by Crippen LogP contribution is -2.41. The van der Waals surface area contributed by atoms with Gasteiger partial charge < -0.3 is 10.4 Å². The first-order valence-corrected chi connectivity index (χ1v) is 7.37. The molecular weight excluding hydrogens is 270 g/mol. The third-order valence-corrected chi connectivity index (χ3v) is 3.96. The molecule has 2 N–H and O–H groups in total. The van der Waals surface area contributed by atoms with Gasteiger partial charge >= 0.3 is 0 Å². The molecule has 6 heteroatoms. The van der Waals surface area contributed by atoms with E-state index < -0.39 is 5.60 Å². The maximum absolute atomic E-state index is 11.0. The predicted octanol–water partition coefficient (Wildman–Crippen LogP) is 2.37. The van der Waals surface area contributed by atoms with Gasteiger partial charge in [0.05, 0.1) is 10.5 Å². The topological polar surface area (TPSA) is 78.6 Å². The standard InChI is InChI=1S/C15H23N3O3/c1-3-16-13-10-12(4-5-14(13)18(20)21)11-17-8-6-15(2,19)7-9-17/h4-5,10,16,19H,3,6-9,11H2,1-2H3. The van der Waals surface area contributed by atoms with Crippen LogP contribution in [0.4, 0.5) is 11.4 Å². The average Bonchev–Trinajstić information content (AvgIpc) is 2.41. The van der Waals surface area contributed by atoms with E-state index in [1.165, 1.54) is 0 Å². The number of nitro groups is 1. The molecule has 1 fully saturated rings. The summed E-state index contributed by atoms with van der Waals surface area (Å²) in [6.45, 7) is 6.90. The molecule has 0 aromatic heterocycles. The molecule has 0 saturated carbocycles. The van der Waals surface area contributed by atoms with E-state index >= 15 is 0 Å². The van der Waals surface area contributed by atoms with Gasteiger partial charge in [-0.2, -0.15) is 0 Å². The second-order valence-electron chi connectivity index (χ2n) is 5.91. The van der Waals surface area contributed by atoms with Gasteiger partial charge in [0.2, 0.25) is 0 Å². The SMILES string of the molecule is CCNc1cc(CN2CCC(C)(O)CC2)ccc1[N+](=O)[O-]. The number of piperidine rings is 1. The smallest absolute Gasteiger partial charge is 0.292 e. The van der Waals surface area contributed by atoms with Crippen LogP contribution in [0.5, 0.6) is 0 Å². The zero-order valence-corrected chi connectivity index (χ0v) is 12.6. The molecule has 0 atom stereocenters. The molecule has 1 aromatic carbocycles. The molecule has 0 aliphatic carbocycles. The van der Waals surface area contributed by atoms with Gasteiger partial charge in [0, 0.05) is 32.2 Å². The van der Waals surface area contributed by atoms with Gasteiger partial charge in [0.1, 0.15) is 5.69 Å². The van der Waals surface area contributed by atoms with Crippen molar-refractivity contribution >= 4 is 11.4 Å². The van der Waals surface area contributed by atoms with Crippen molar-refractivity contribution in [3.05, 3.63) is 33.9 Å². The molecule has 1 aromatic rings. The molecule has 1 saturated heterocycles. The van der Waals surface area contributed by atoms with Gasteiger partial charge in [-0.25, -0.2) is 0 Å². The maximum atomic E-state index is 11.0. The Morgan fingerprint density at radius 1 is 1.43 bits per heavy atom. The van der Waals surface area contributed by atoms with Crippen LogP contribution in [0.2, 0.25) is 0 Å². The van der Waals surface area contributed by atoms with Crippen LogP contribution in [0.25, 0.3) is 0 Å². The number of nitro benzene ring substituents is 1. The summed E-state index contributed by atoms with van der Waals surface area (Å²) in [5, 5.41) is 24.0. The maximum Gasteiger partial charge on any atom is 0.292 e. The Hall–Kier alpha value is -1.66. The summed E-state index contributed by atoms with van der Waals surface area (Å²) in [6, 6.07) is 5.23. The first-order valence-electron chi connectivity index (χ1n) is 7.37. The minimum atomic E-state index is -0.555. The third-order valence-electron chi connectivity index (χ3n) is 3.96. The monoisotopic (exact) mass is 293 g/mol. The summed E-state index contributed by atoms with van der Waals surface area (Å²) in [4.78, 5) is 12.9. The molecule has 1 aliphatic heterocycles. The summed E-state index contributed by atoms with van der Waals surface area (Å²) < 4.78 is 0. The molecule has 1 heterocycles. The number of likely N-dealkylation sites (tertiary alicyclic amines) is 1. The lowest BCUT2D eigenvalue weighted by Gasteiger charge is -2.35. The average molecular weight is 293 g/mol. The van der Waals surface area contributed by atoms with Crippen LogP contribution >= 0.6 is 0 Å². The highest BCUT2D eigenvalue weighted by atomic mass is 16.6. The number of hydrogen-bond acceptors (Lipinski definition) is 5. The number of nitrogens with one attached hydrogen (secondary N) is 1. The predicted molar refractivity (Wildman–Crippen MR) is 82.4 cm³/mol. The molecule has 0 amide bonds. The molecule has 21 heavy (non-hydrogen) atoms. The van der Waals surface area contributed by atoms with Gasteiger partial charge in [-0.05, 0) is 38.3 Å². The van der Waals surface area contributed by atoms with Crippen LogP contribution in [0.1, 0.15) is 32.3 Å². The highest BCUT2D eigenvalue weighted by Gasteiger charge is 2.27. The van der Waals surface area contributed by atoms with Crippen molar-refractivity contribution in [1.82, 2.24) is 4.90 Å².